The highest BCUT2D eigenvalue weighted by molar-refractivity contribution is 7.47. The van der Waals surface area contributed by atoms with Gasteiger partial charge in [0.2, 0.25) is 0 Å². The molecule has 0 amide bonds. The number of hydrogen-bond acceptors (Lipinski definition) is 2. The molecule has 2 aromatic carbocycles. The van der Waals surface area contributed by atoms with Crippen LogP contribution in [0.2, 0.25) is 0 Å². The summed E-state index contributed by atoms with van der Waals surface area (Å²) in [5, 5.41) is 0. The van der Waals surface area contributed by atoms with Gasteiger partial charge < -0.3 is 9.05 Å². The third kappa shape index (κ3) is 4.80. The van der Waals surface area contributed by atoms with Crippen molar-refractivity contribution in [2.75, 3.05) is 6.66 Å². The van der Waals surface area contributed by atoms with E-state index in [1.807, 2.05) is 0 Å². The summed E-state index contributed by atoms with van der Waals surface area (Å²) in [4.78, 5) is 0. The molecule has 0 radical (unpaired) electrons. The van der Waals surface area contributed by atoms with Crippen molar-refractivity contribution in [1.29, 1.82) is 0 Å². The van der Waals surface area contributed by atoms with Crippen molar-refractivity contribution in [3.05, 3.63) is 57.6 Å². The van der Waals surface area contributed by atoms with Crippen LogP contribution in [0.25, 0.3) is 0 Å². The lowest BCUT2D eigenvalue weighted by atomic mass is 9.76. The van der Waals surface area contributed by atoms with Gasteiger partial charge >= 0.3 is 0 Å². The topological polar surface area (TPSA) is 18.5 Å². The first kappa shape index (κ1) is 24.1. The quantitative estimate of drug-likeness (QED) is 0.381. The minimum atomic E-state index is -1.08. The molecule has 0 fully saturated rings. The van der Waals surface area contributed by atoms with Crippen molar-refractivity contribution in [2.45, 2.75) is 98.3 Å². The van der Waals surface area contributed by atoms with Crippen LogP contribution in [0.15, 0.2) is 24.3 Å². The van der Waals surface area contributed by atoms with Crippen LogP contribution in [0.5, 0.6) is 11.5 Å². The van der Waals surface area contributed by atoms with Gasteiger partial charge in [0, 0.05) is 29.3 Å². The maximum atomic E-state index is 6.58. The van der Waals surface area contributed by atoms with Crippen molar-refractivity contribution in [2.24, 2.45) is 0 Å². The van der Waals surface area contributed by atoms with Crippen LogP contribution in [0.4, 0.5) is 0 Å². The SMILES string of the molecule is Cc1cc(C(C)(C)C)cc2c1OP(C)Oc1c(cc(C(C)(C)C)cc1C(C)(C)C)C2C. The Balaban J connectivity index is 2.37. The molecule has 0 spiro atoms. The Morgan fingerprint density at radius 1 is 0.677 bits per heavy atom. The van der Waals surface area contributed by atoms with Gasteiger partial charge in [0.25, 0.3) is 8.38 Å². The molecule has 0 aromatic heterocycles. The Kier molecular flexibility index (Phi) is 6.07. The minimum absolute atomic E-state index is 0.0214. The van der Waals surface area contributed by atoms with Crippen molar-refractivity contribution in [3.63, 3.8) is 0 Å². The first-order valence-electron chi connectivity index (χ1n) is 11.4. The van der Waals surface area contributed by atoms with Crippen LogP contribution in [0.3, 0.4) is 0 Å². The van der Waals surface area contributed by atoms with E-state index in [1.54, 1.807) is 0 Å². The van der Waals surface area contributed by atoms with Crippen LogP contribution in [-0.2, 0) is 16.2 Å². The number of aryl methyl sites for hydroxylation is 1. The Labute approximate surface area is 191 Å². The first-order valence-corrected chi connectivity index (χ1v) is 13.1. The van der Waals surface area contributed by atoms with Crippen molar-refractivity contribution in [3.8, 4) is 11.5 Å². The normalized spacial score (nSPS) is 19.5. The summed E-state index contributed by atoms with van der Waals surface area (Å²) in [6.45, 7) is 27.1. The van der Waals surface area contributed by atoms with Gasteiger partial charge in [-0.15, -0.1) is 0 Å². The van der Waals surface area contributed by atoms with E-state index in [4.69, 9.17) is 9.05 Å². The van der Waals surface area contributed by atoms with E-state index >= 15 is 0 Å². The van der Waals surface area contributed by atoms with Crippen molar-refractivity contribution >= 4 is 8.38 Å². The third-order valence-electron chi connectivity index (χ3n) is 6.33. The van der Waals surface area contributed by atoms with Gasteiger partial charge in [-0.3, -0.25) is 0 Å². The van der Waals surface area contributed by atoms with Crippen LogP contribution in [-0.4, -0.2) is 6.66 Å². The summed E-state index contributed by atoms with van der Waals surface area (Å²) in [6, 6.07) is 9.38. The molecule has 31 heavy (non-hydrogen) atoms. The molecular weight excluding hydrogens is 399 g/mol. The largest absolute Gasteiger partial charge is 0.438 e. The van der Waals surface area contributed by atoms with Gasteiger partial charge in [0.1, 0.15) is 11.5 Å². The molecule has 0 aliphatic carbocycles. The predicted molar refractivity (Wildman–Crippen MR) is 135 cm³/mol. The van der Waals surface area contributed by atoms with Crippen LogP contribution in [0, 0.1) is 6.92 Å². The van der Waals surface area contributed by atoms with Crippen LogP contribution in [0.1, 0.15) is 109 Å². The highest BCUT2D eigenvalue weighted by atomic mass is 31.2. The molecule has 1 aliphatic heterocycles. The number of fused-ring (bicyclic) bond motifs is 2. The van der Waals surface area contributed by atoms with E-state index in [0.717, 1.165) is 11.5 Å². The standard InChI is InChI=1S/C28H41O2P/c1-17-13-19(26(3,4)5)14-21-18(2)22-15-20(27(6,7)8)16-23(28(9,10)11)25(22)30-31(12)29-24(17)21/h13-16,18H,1-12H3. The van der Waals surface area contributed by atoms with Crippen LogP contribution < -0.4 is 9.05 Å². The molecule has 3 heteroatoms. The summed E-state index contributed by atoms with van der Waals surface area (Å²) >= 11 is 0. The molecule has 1 aliphatic rings. The van der Waals surface area contributed by atoms with E-state index in [1.165, 1.54) is 33.4 Å². The number of benzene rings is 2. The van der Waals surface area contributed by atoms with Gasteiger partial charge in [0.15, 0.2) is 0 Å². The fourth-order valence-corrected chi connectivity index (χ4v) is 5.19. The second-order valence-electron chi connectivity index (χ2n) is 12.2. The minimum Gasteiger partial charge on any atom is -0.438 e. The maximum absolute atomic E-state index is 6.58. The van der Waals surface area contributed by atoms with Crippen molar-refractivity contribution < 1.29 is 9.05 Å². The molecule has 2 aromatic rings. The summed E-state index contributed by atoms with van der Waals surface area (Å²) in [5.41, 5.74) is 7.86. The fraction of sp³-hybridized carbons (Fsp3) is 0.571. The predicted octanol–water partition coefficient (Wildman–Crippen LogP) is 8.75. The molecule has 0 saturated carbocycles. The monoisotopic (exact) mass is 440 g/mol. The molecular formula is C28H41O2P. The van der Waals surface area contributed by atoms with Gasteiger partial charge in [-0.05, 0) is 39.9 Å². The Bertz CT molecular complexity index is 984. The van der Waals surface area contributed by atoms with Gasteiger partial charge in [0.05, 0.1) is 0 Å². The highest BCUT2D eigenvalue weighted by Gasteiger charge is 2.33. The highest BCUT2D eigenvalue weighted by Crippen LogP contribution is 2.53. The van der Waals surface area contributed by atoms with E-state index in [2.05, 4.69) is 107 Å². The molecule has 2 unspecified atom stereocenters. The molecule has 0 N–H and O–H groups in total. The van der Waals surface area contributed by atoms with Gasteiger partial charge in [-0.2, -0.15) is 0 Å². The molecule has 0 bridgehead atoms. The van der Waals surface area contributed by atoms with Crippen molar-refractivity contribution in [1.82, 2.24) is 0 Å². The molecule has 170 valence electrons. The first-order chi connectivity index (χ1) is 14.0. The lowest BCUT2D eigenvalue weighted by molar-refractivity contribution is 0.455. The summed E-state index contributed by atoms with van der Waals surface area (Å²) < 4.78 is 13.1. The molecule has 0 saturated heterocycles. The number of rotatable bonds is 0. The molecule has 2 nitrogen and oxygen atoms in total. The zero-order chi connectivity index (χ0) is 23.5. The Morgan fingerprint density at radius 3 is 1.61 bits per heavy atom. The fourth-order valence-electron chi connectivity index (χ4n) is 4.19. The van der Waals surface area contributed by atoms with E-state index in [0.29, 0.717) is 0 Å². The maximum Gasteiger partial charge on any atom is 0.287 e. The lowest BCUT2D eigenvalue weighted by Crippen LogP contribution is -2.21. The molecule has 3 rings (SSSR count). The zero-order valence-electron chi connectivity index (χ0n) is 21.7. The molecule has 1 heterocycles. The summed E-state index contributed by atoms with van der Waals surface area (Å²) in [5.74, 6) is 2.20. The average molecular weight is 441 g/mol. The zero-order valence-corrected chi connectivity index (χ0v) is 22.5. The van der Waals surface area contributed by atoms with Gasteiger partial charge in [-0.1, -0.05) is 93.5 Å². The third-order valence-corrected chi connectivity index (χ3v) is 7.21. The van der Waals surface area contributed by atoms with E-state index in [9.17, 15) is 0 Å². The molecule has 2 atom stereocenters. The van der Waals surface area contributed by atoms with Gasteiger partial charge in [-0.25, -0.2) is 0 Å². The second-order valence-corrected chi connectivity index (χ2v) is 13.5. The van der Waals surface area contributed by atoms with Crippen LogP contribution >= 0.6 is 8.38 Å². The number of hydrogen-bond donors (Lipinski definition) is 0. The lowest BCUT2D eigenvalue weighted by Gasteiger charge is -2.34. The second kappa shape index (κ2) is 7.80. The van der Waals surface area contributed by atoms with E-state index in [-0.39, 0.29) is 22.2 Å². The summed E-state index contributed by atoms with van der Waals surface area (Å²) in [7, 11) is -1.08. The summed E-state index contributed by atoms with van der Waals surface area (Å²) in [6.07, 6.45) is 0. The average Bonchev–Trinajstić information content (AvgIpc) is 2.58. The Morgan fingerprint density at radius 2 is 1.13 bits per heavy atom. The Hall–Kier alpha value is -1.53. The smallest absolute Gasteiger partial charge is 0.287 e. The van der Waals surface area contributed by atoms with E-state index < -0.39 is 8.38 Å².